The quantitative estimate of drug-likeness (QED) is 0.760. The van der Waals surface area contributed by atoms with Crippen LogP contribution >= 0.6 is 11.3 Å². The summed E-state index contributed by atoms with van der Waals surface area (Å²) in [6.45, 7) is 0.276. The topological polar surface area (TPSA) is 88.0 Å². The molecular weight excluding hydrogens is 250 g/mol. The smallest absolute Gasteiger partial charge is 0.304 e. The molecule has 94 valence electrons. The number of H-pyrrole nitrogens is 1. The fourth-order valence-corrected chi connectivity index (χ4v) is 2.09. The van der Waals surface area contributed by atoms with E-state index in [2.05, 4.69) is 10.3 Å². The van der Waals surface area contributed by atoms with Crippen molar-refractivity contribution in [1.82, 2.24) is 10.3 Å². The van der Waals surface area contributed by atoms with E-state index in [4.69, 9.17) is 5.73 Å². The Morgan fingerprint density at radius 2 is 2.11 bits per heavy atom. The number of amides is 1. The Morgan fingerprint density at radius 1 is 1.39 bits per heavy atom. The van der Waals surface area contributed by atoms with Gasteiger partial charge in [0.2, 0.25) is 5.91 Å². The van der Waals surface area contributed by atoms with E-state index in [0.29, 0.717) is 5.69 Å². The van der Waals surface area contributed by atoms with E-state index in [1.165, 1.54) is 0 Å². The highest BCUT2D eigenvalue weighted by Gasteiger charge is 2.14. The minimum atomic E-state index is -0.698. The Bertz CT molecular complexity index is 576. The predicted molar refractivity (Wildman–Crippen MR) is 70.2 cm³/mol. The molecule has 1 heterocycles. The molecule has 4 N–H and O–H groups in total. The molecule has 2 aromatic rings. The number of carbonyl (C=O) groups excluding carboxylic acids is 1. The van der Waals surface area contributed by atoms with Crippen LogP contribution in [0, 0.1) is 0 Å². The highest BCUT2D eigenvalue weighted by atomic mass is 32.1. The monoisotopic (exact) mass is 263 g/mol. The molecule has 0 saturated carbocycles. The second-order valence-electron chi connectivity index (χ2n) is 3.78. The Labute approximate surface area is 108 Å². The van der Waals surface area contributed by atoms with Gasteiger partial charge in [0.25, 0.3) is 0 Å². The van der Waals surface area contributed by atoms with Gasteiger partial charge in [-0.05, 0) is 5.56 Å². The van der Waals surface area contributed by atoms with Crippen LogP contribution in [0.2, 0.25) is 0 Å². The molecule has 0 spiro atoms. The molecule has 0 radical (unpaired) electrons. The molecular formula is C12H13N3O2S. The minimum absolute atomic E-state index is 0.133. The number of nitrogens with one attached hydrogen (secondary N) is 2. The molecule has 0 fully saturated rings. The molecule has 0 bridgehead atoms. The molecule has 1 aromatic carbocycles. The zero-order chi connectivity index (χ0) is 13.0. The van der Waals surface area contributed by atoms with E-state index in [1.807, 2.05) is 18.2 Å². The molecule has 1 atom stereocenters. The fraction of sp³-hybridized carbons (Fsp3) is 0.167. The molecule has 0 unspecified atom stereocenters. The van der Waals surface area contributed by atoms with Crippen molar-refractivity contribution in [1.29, 1.82) is 0 Å². The number of hydrogen-bond acceptors (Lipinski definition) is 4. The first kappa shape index (κ1) is 12.5. The third-order valence-corrected chi connectivity index (χ3v) is 3.18. The summed E-state index contributed by atoms with van der Waals surface area (Å²) in [4.78, 5) is 25.2. The summed E-state index contributed by atoms with van der Waals surface area (Å²) < 4.78 is 0. The van der Waals surface area contributed by atoms with Gasteiger partial charge in [-0.3, -0.25) is 9.59 Å². The van der Waals surface area contributed by atoms with Crippen molar-refractivity contribution in [3.05, 3.63) is 56.6 Å². The second-order valence-corrected chi connectivity index (χ2v) is 4.62. The Kier molecular flexibility index (Phi) is 3.91. The maximum Gasteiger partial charge on any atom is 0.304 e. The van der Waals surface area contributed by atoms with Gasteiger partial charge in [-0.2, -0.15) is 0 Å². The molecule has 1 amide bonds. The molecule has 2 rings (SSSR count). The van der Waals surface area contributed by atoms with Crippen molar-refractivity contribution >= 4 is 17.2 Å². The van der Waals surface area contributed by atoms with Crippen LogP contribution in [0.3, 0.4) is 0 Å². The minimum Gasteiger partial charge on any atom is -0.349 e. The van der Waals surface area contributed by atoms with E-state index in [-0.39, 0.29) is 17.3 Å². The summed E-state index contributed by atoms with van der Waals surface area (Å²) >= 11 is 1.07. The molecule has 18 heavy (non-hydrogen) atoms. The van der Waals surface area contributed by atoms with Crippen LogP contribution in [0.5, 0.6) is 0 Å². The van der Waals surface area contributed by atoms with Crippen molar-refractivity contribution in [3.63, 3.8) is 0 Å². The van der Waals surface area contributed by atoms with Gasteiger partial charge in [-0.1, -0.05) is 41.7 Å². The van der Waals surface area contributed by atoms with Crippen molar-refractivity contribution in [2.45, 2.75) is 12.6 Å². The first-order chi connectivity index (χ1) is 8.66. The van der Waals surface area contributed by atoms with Gasteiger partial charge in [0.15, 0.2) is 0 Å². The van der Waals surface area contributed by atoms with Crippen molar-refractivity contribution in [2.75, 3.05) is 0 Å². The number of aromatic amines is 1. The number of aromatic nitrogens is 1. The van der Waals surface area contributed by atoms with Gasteiger partial charge < -0.3 is 16.0 Å². The van der Waals surface area contributed by atoms with Gasteiger partial charge >= 0.3 is 4.87 Å². The summed E-state index contributed by atoms with van der Waals surface area (Å²) in [6.07, 6.45) is 0. The van der Waals surface area contributed by atoms with Crippen LogP contribution in [0.1, 0.15) is 17.3 Å². The summed E-state index contributed by atoms with van der Waals surface area (Å²) in [7, 11) is 0. The summed E-state index contributed by atoms with van der Waals surface area (Å²) in [5.74, 6) is -0.270. The van der Waals surface area contributed by atoms with Gasteiger partial charge in [0, 0.05) is 11.1 Å². The maximum absolute atomic E-state index is 11.8. The number of carbonyl (C=O) groups is 1. The van der Waals surface area contributed by atoms with Crippen LogP contribution in [0.15, 0.2) is 40.5 Å². The zero-order valence-corrected chi connectivity index (χ0v) is 10.4. The number of hydrogen-bond donors (Lipinski definition) is 3. The average molecular weight is 263 g/mol. The van der Waals surface area contributed by atoms with Crippen LogP contribution < -0.4 is 15.9 Å². The van der Waals surface area contributed by atoms with Crippen LogP contribution in [0.4, 0.5) is 0 Å². The first-order valence-electron chi connectivity index (χ1n) is 5.42. The third kappa shape index (κ3) is 3.06. The number of rotatable bonds is 4. The normalized spacial score (nSPS) is 12.1. The first-order valence-corrected chi connectivity index (χ1v) is 6.29. The van der Waals surface area contributed by atoms with Crippen LogP contribution in [-0.4, -0.2) is 10.9 Å². The van der Waals surface area contributed by atoms with Gasteiger partial charge in [-0.15, -0.1) is 0 Å². The predicted octanol–water partition coefficient (Wildman–Crippen LogP) is 0.753. The molecule has 6 heteroatoms. The lowest BCUT2D eigenvalue weighted by Gasteiger charge is -2.11. The van der Waals surface area contributed by atoms with Gasteiger partial charge in [-0.25, -0.2) is 0 Å². The number of thiazole rings is 1. The molecule has 0 aliphatic rings. The van der Waals surface area contributed by atoms with Gasteiger partial charge in [0.05, 0.1) is 6.54 Å². The van der Waals surface area contributed by atoms with Gasteiger partial charge in [0.1, 0.15) is 6.04 Å². The highest BCUT2D eigenvalue weighted by molar-refractivity contribution is 7.07. The van der Waals surface area contributed by atoms with E-state index in [0.717, 1.165) is 16.9 Å². The lowest BCUT2D eigenvalue weighted by molar-refractivity contribution is -0.122. The SMILES string of the molecule is N[C@@H](C(=O)NCc1csc(=O)[nH]1)c1ccccc1. The fourth-order valence-electron chi connectivity index (χ4n) is 1.50. The summed E-state index contributed by atoms with van der Waals surface area (Å²) in [6, 6.07) is 8.44. The standard InChI is InChI=1S/C12H13N3O2S/c13-10(8-4-2-1-3-5-8)11(16)14-6-9-7-18-12(17)15-9/h1-5,7,10H,6,13H2,(H,14,16)(H,15,17)/t10-/m1/s1. The highest BCUT2D eigenvalue weighted by Crippen LogP contribution is 2.09. The second kappa shape index (κ2) is 5.61. The molecule has 0 saturated heterocycles. The van der Waals surface area contributed by atoms with Crippen molar-refractivity contribution < 1.29 is 4.79 Å². The lowest BCUT2D eigenvalue weighted by atomic mass is 10.1. The molecule has 0 aliphatic heterocycles. The molecule has 0 aliphatic carbocycles. The number of nitrogens with two attached hydrogens (primary N) is 1. The summed E-state index contributed by atoms with van der Waals surface area (Å²) in [5, 5.41) is 4.36. The van der Waals surface area contributed by atoms with E-state index >= 15 is 0 Å². The molecule has 1 aromatic heterocycles. The van der Waals surface area contributed by atoms with Crippen molar-refractivity contribution in [2.24, 2.45) is 5.73 Å². The molecule has 5 nitrogen and oxygen atoms in total. The lowest BCUT2D eigenvalue weighted by Crippen LogP contribution is -2.33. The Balaban J connectivity index is 1.94. The maximum atomic E-state index is 11.8. The van der Waals surface area contributed by atoms with Crippen LogP contribution in [0.25, 0.3) is 0 Å². The third-order valence-electron chi connectivity index (χ3n) is 2.47. The van der Waals surface area contributed by atoms with E-state index in [9.17, 15) is 9.59 Å². The largest absolute Gasteiger partial charge is 0.349 e. The summed E-state index contributed by atoms with van der Waals surface area (Å²) in [5.41, 5.74) is 7.26. The van der Waals surface area contributed by atoms with E-state index in [1.54, 1.807) is 17.5 Å². The van der Waals surface area contributed by atoms with E-state index < -0.39 is 6.04 Å². The number of benzene rings is 1. The Hall–Kier alpha value is -1.92. The Morgan fingerprint density at radius 3 is 2.72 bits per heavy atom. The van der Waals surface area contributed by atoms with Crippen LogP contribution in [-0.2, 0) is 11.3 Å². The zero-order valence-electron chi connectivity index (χ0n) is 9.55. The van der Waals surface area contributed by atoms with Crippen molar-refractivity contribution in [3.8, 4) is 0 Å². The average Bonchev–Trinajstić information content (AvgIpc) is 2.82.